The van der Waals surface area contributed by atoms with E-state index in [4.69, 9.17) is 0 Å². The van der Waals surface area contributed by atoms with Crippen molar-refractivity contribution in [2.75, 3.05) is 7.05 Å². The number of amides is 2. The summed E-state index contributed by atoms with van der Waals surface area (Å²) in [5.74, 6) is -0.388. The fourth-order valence-corrected chi connectivity index (χ4v) is 3.27. The van der Waals surface area contributed by atoms with Crippen LogP contribution in [0.3, 0.4) is 0 Å². The molecule has 144 valence electrons. The maximum atomic E-state index is 13.3. The summed E-state index contributed by atoms with van der Waals surface area (Å²) in [5.41, 5.74) is 3.82. The molecule has 0 N–H and O–H groups in total. The second-order valence-electron chi connectivity index (χ2n) is 8.04. The van der Waals surface area contributed by atoms with Crippen molar-refractivity contribution in [1.82, 2.24) is 10.0 Å². The van der Waals surface area contributed by atoms with Crippen molar-refractivity contribution in [2.24, 2.45) is 0 Å². The molecular formula is C23H30N2O2. The summed E-state index contributed by atoms with van der Waals surface area (Å²) in [7, 11) is 1.65. The Balaban J connectivity index is 2.39. The van der Waals surface area contributed by atoms with Crippen LogP contribution in [0.5, 0.6) is 0 Å². The fourth-order valence-electron chi connectivity index (χ4n) is 3.27. The van der Waals surface area contributed by atoms with Crippen molar-refractivity contribution >= 4 is 11.8 Å². The minimum atomic E-state index is -0.553. The van der Waals surface area contributed by atoms with Gasteiger partial charge in [0, 0.05) is 18.2 Å². The molecule has 0 atom stereocenters. The molecule has 0 aliphatic carbocycles. The molecule has 0 aromatic heterocycles. The second-order valence-corrected chi connectivity index (χ2v) is 8.04. The lowest BCUT2D eigenvalue weighted by atomic mass is 10.0. The van der Waals surface area contributed by atoms with Crippen LogP contribution < -0.4 is 0 Å². The molecule has 2 rings (SSSR count). The van der Waals surface area contributed by atoms with Crippen LogP contribution >= 0.6 is 0 Å². The number of hydrogen-bond donors (Lipinski definition) is 0. The van der Waals surface area contributed by atoms with Gasteiger partial charge in [0.25, 0.3) is 11.8 Å². The molecule has 0 spiro atoms. The number of hydrogen-bond acceptors (Lipinski definition) is 2. The van der Waals surface area contributed by atoms with Gasteiger partial charge in [-0.3, -0.25) is 9.59 Å². The summed E-state index contributed by atoms with van der Waals surface area (Å²) in [6.45, 7) is 11.8. The predicted octanol–water partition coefficient (Wildman–Crippen LogP) is 4.79. The molecule has 0 saturated carbocycles. The Hall–Kier alpha value is -2.62. The van der Waals surface area contributed by atoms with E-state index in [0.717, 1.165) is 17.5 Å². The van der Waals surface area contributed by atoms with Gasteiger partial charge in [0.2, 0.25) is 0 Å². The summed E-state index contributed by atoms with van der Waals surface area (Å²) in [6.07, 6.45) is 0.920. The normalized spacial score (nSPS) is 11.2. The number of hydrazine groups is 1. The van der Waals surface area contributed by atoms with E-state index in [-0.39, 0.29) is 11.8 Å². The highest BCUT2D eigenvalue weighted by molar-refractivity contribution is 5.99. The lowest BCUT2D eigenvalue weighted by molar-refractivity contribution is -0.0308. The average Bonchev–Trinajstić information content (AvgIpc) is 2.59. The lowest BCUT2D eigenvalue weighted by Crippen LogP contribution is -2.56. The van der Waals surface area contributed by atoms with Crippen molar-refractivity contribution < 1.29 is 9.59 Å². The van der Waals surface area contributed by atoms with Crippen LogP contribution in [0.4, 0.5) is 0 Å². The largest absolute Gasteiger partial charge is 0.272 e. The number of aryl methyl sites for hydroxylation is 3. The van der Waals surface area contributed by atoms with Crippen LogP contribution in [0, 0.1) is 13.8 Å². The molecule has 0 radical (unpaired) electrons. The summed E-state index contributed by atoms with van der Waals surface area (Å²) < 4.78 is 0. The Kier molecular flexibility index (Phi) is 6.09. The highest BCUT2D eigenvalue weighted by Gasteiger charge is 2.34. The number of carbonyl (C=O) groups is 2. The minimum Gasteiger partial charge on any atom is -0.267 e. The van der Waals surface area contributed by atoms with E-state index in [2.05, 4.69) is 6.92 Å². The van der Waals surface area contributed by atoms with E-state index in [1.807, 2.05) is 77.1 Å². The van der Waals surface area contributed by atoms with Crippen LogP contribution in [-0.2, 0) is 6.42 Å². The second kappa shape index (κ2) is 7.95. The number of nitrogens with zero attached hydrogens (tertiary/aromatic N) is 2. The van der Waals surface area contributed by atoms with E-state index in [1.165, 1.54) is 15.6 Å². The Labute approximate surface area is 162 Å². The highest BCUT2D eigenvalue weighted by Crippen LogP contribution is 2.22. The van der Waals surface area contributed by atoms with E-state index >= 15 is 0 Å². The molecule has 0 aliphatic rings. The van der Waals surface area contributed by atoms with Crippen LogP contribution in [-0.4, -0.2) is 34.4 Å². The molecule has 0 fully saturated rings. The third kappa shape index (κ3) is 4.76. The van der Waals surface area contributed by atoms with Gasteiger partial charge < -0.3 is 0 Å². The first kappa shape index (κ1) is 20.7. The average molecular weight is 367 g/mol. The molecule has 0 bridgehead atoms. The molecule has 0 unspecified atom stereocenters. The zero-order valence-electron chi connectivity index (χ0n) is 17.5. The van der Waals surface area contributed by atoms with Gasteiger partial charge in [0.05, 0.1) is 5.54 Å². The molecule has 0 saturated heterocycles. The quantitative estimate of drug-likeness (QED) is 0.733. The third-order valence-corrected chi connectivity index (χ3v) is 4.50. The van der Waals surface area contributed by atoms with E-state index in [9.17, 15) is 9.59 Å². The van der Waals surface area contributed by atoms with Crippen molar-refractivity contribution in [3.05, 3.63) is 70.3 Å². The highest BCUT2D eigenvalue weighted by atomic mass is 16.2. The van der Waals surface area contributed by atoms with Crippen LogP contribution in [0.2, 0.25) is 0 Å². The summed E-state index contributed by atoms with van der Waals surface area (Å²) in [4.78, 5) is 26.3. The van der Waals surface area contributed by atoms with Crippen molar-refractivity contribution in [2.45, 2.75) is 53.5 Å². The zero-order chi connectivity index (χ0) is 20.4. The topological polar surface area (TPSA) is 40.6 Å². The summed E-state index contributed by atoms with van der Waals surface area (Å²) in [5, 5.41) is 2.97. The third-order valence-electron chi connectivity index (χ3n) is 4.50. The summed E-state index contributed by atoms with van der Waals surface area (Å²) >= 11 is 0. The van der Waals surface area contributed by atoms with Gasteiger partial charge in [-0.05, 0) is 70.9 Å². The minimum absolute atomic E-state index is 0.185. The first-order valence-electron chi connectivity index (χ1n) is 9.34. The van der Waals surface area contributed by atoms with Gasteiger partial charge in [-0.15, -0.1) is 0 Å². The molecule has 0 aliphatic heterocycles. The zero-order valence-corrected chi connectivity index (χ0v) is 17.5. The maximum absolute atomic E-state index is 13.3. The monoisotopic (exact) mass is 366 g/mol. The molecule has 2 amide bonds. The number of rotatable bonds is 3. The molecule has 2 aromatic carbocycles. The fraction of sp³-hybridized carbons (Fsp3) is 0.391. The molecule has 4 heteroatoms. The van der Waals surface area contributed by atoms with Crippen LogP contribution in [0.25, 0.3) is 0 Å². The molecular weight excluding hydrogens is 336 g/mol. The summed E-state index contributed by atoms with van der Waals surface area (Å²) in [6, 6.07) is 13.3. The maximum Gasteiger partial charge on any atom is 0.272 e. The predicted molar refractivity (Wildman–Crippen MR) is 110 cm³/mol. The Morgan fingerprint density at radius 2 is 1.37 bits per heavy atom. The van der Waals surface area contributed by atoms with Crippen molar-refractivity contribution in [3.8, 4) is 0 Å². The lowest BCUT2D eigenvalue weighted by Gasteiger charge is -2.41. The SMILES string of the molecule is CCc1ccc(C(=O)N(C)N(C(=O)c2cc(C)cc(C)c2)C(C)(C)C)cc1. The number of benzene rings is 2. The van der Waals surface area contributed by atoms with Gasteiger partial charge in [0.1, 0.15) is 0 Å². The Bertz CT molecular complexity index is 812. The standard InChI is InChI=1S/C23H30N2O2/c1-8-18-9-11-19(12-10-18)21(26)24(7)25(23(4,5)6)22(27)20-14-16(2)13-17(3)15-20/h9-15H,8H2,1-7H3. The first-order chi connectivity index (χ1) is 12.5. The Morgan fingerprint density at radius 3 is 1.81 bits per heavy atom. The van der Waals surface area contributed by atoms with Gasteiger partial charge in [-0.25, -0.2) is 10.0 Å². The number of carbonyl (C=O) groups excluding carboxylic acids is 2. The van der Waals surface area contributed by atoms with Gasteiger partial charge in [-0.2, -0.15) is 0 Å². The first-order valence-corrected chi connectivity index (χ1v) is 9.34. The van der Waals surface area contributed by atoms with Crippen molar-refractivity contribution in [1.29, 1.82) is 0 Å². The van der Waals surface area contributed by atoms with Crippen LogP contribution in [0.1, 0.15) is 65.1 Å². The van der Waals surface area contributed by atoms with E-state index in [0.29, 0.717) is 11.1 Å². The smallest absolute Gasteiger partial charge is 0.267 e. The van der Waals surface area contributed by atoms with Gasteiger partial charge in [-0.1, -0.05) is 36.2 Å². The van der Waals surface area contributed by atoms with E-state index in [1.54, 1.807) is 7.05 Å². The van der Waals surface area contributed by atoms with Crippen LogP contribution in [0.15, 0.2) is 42.5 Å². The van der Waals surface area contributed by atoms with E-state index < -0.39 is 5.54 Å². The molecule has 2 aromatic rings. The Morgan fingerprint density at radius 1 is 0.852 bits per heavy atom. The molecule has 4 nitrogen and oxygen atoms in total. The molecule has 0 heterocycles. The van der Waals surface area contributed by atoms with Crippen molar-refractivity contribution in [3.63, 3.8) is 0 Å². The van der Waals surface area contributed by atoms with Gasteiger partial charge in [0.15, 0.2) is 0 Å². The molecule has 27 heavy (non-hydrogen) atoms. The van der Waals surface area contributed by atoms with Gasteiger partial charge >= 0.3 is 0 Å².